The summed E-state index contributed by atoms with van der Waals surface area (Å²) in [6, 6.07) is 31.5. The molecule has 2 heterocycles. The molecule has 0 aromatic heterocycles. The molecule has 3 amide bonds. The van der Waals surface area contributed by atoms with Gasteiger partial charge in [0, 0.05) is 25.3 Å². The molecule has 0 spiro atoms. The maximum atomic E-state index is 13.7. The minimum absolute atomic E-state index is 0.00949. The zero-order valence-electron chi connectivity index (χ0n) is 21.8. The molecule has 4 aromatic carbocycles. The predicted molar refractivity (Wildman–Crippen MR) is 171 cm³/mol. The number of carbonyl (C=O) groups is 2. The molecule has 8 heteroatoms. The lowest BCUT2D eigenvalue weighted by Gasteiger charge is -2.40. The first-order chi connectivity index (χ1) is 20.2. The molecule has 0 radical (unpaired) electrons. The first kappa shape index (κ1) is 26.1. The van der Waals surface area contributed by atoms with Crippen molar-refractivity contribution >= 4 is 70.0 Å². The number of hydrogen-bond acceptors (Lipinski definition) is 5. The number of para-hydroxylation sites is 3. The van der Waals surface area contributed by atoms with Gasteiger partial charge in [0.1, 0.15) is 0 Å². The van der Waals surface area contributed by atoms with Crippen molar-refractivity contribution in [3.05, 3.63) is 121 Å². The van der Waals surface area contributed by atoms with E-state index in [0.717, 1.165) is 36.6 Å². The number of nitrogens with zero attached hydrogens (tertiary/aromatic N) is 2. The first-order valence-corrected chi connectivity index (χ1v) is 16.0. The molecule has 4 aromatic rings. The predicted octanol–water partition coefficient (Wildman–Crippen LogP) is 8.62. The van der Waals surface area contributed by atoms with Gasteiger partial charge in [-0.1, -0.05) is 78.5 Å². The van der Waals surface area contributed by atoms with E-state index >= 15 is 0 Å². The van der Waals surface area contributed by atoms with E-state index < -0.39 is 0 Å². The summed E-state index contributed by atoms with van der Waals surface area (Å²) in [6.45, 7) is 0. The topological polar surface area (TPSA) is 52.7 Å². The summed E-state index contributed by atoms with van der Waals surface area (Å²) < 4.78 is 0. The molecule has 202 valence electrons. The minimum atomic E-state index is -0.176. The van der Waals surface area contributed by atoms with Crippen LogP contribution in [-0.2, 0) is 4.79 Å². The smallest absolute Gasteiger partial charge is 0.307 e. The van der Waals surface area contributed by atoms with Crippen LogP contribution in [-0.4, -0.2) is 29.0 Å². The van der Waals surface area contributed by atoms with E-state index in [0.29, 0.717) is 5.69 Å². The van der Waals surface area contributed by atoms with Gasteiger partial charge in [-0.3, -0.25) is 14.6 Å². The number of amides is 3. The van der Waals surface area contributed by atoms with Crippen LogP contribution in [0.15, 0.2) is 141 Å². The molecule has 2 aliphatic heterocycles. The standard InChI is InChI=1S/C33H25N3O2S3/c37-32(35-24-12-1-5-16-28(24)40-29-17-6-2-13-25(29)35)21-39-23-11-9-10-22(20-23)34-33(38)36-26-14-3-7-18-30(26)41-31-19-8-4-15-27(31)36/h1-20,26,30H,21H2,(H,34,38). The third kappa shape index (κ3) is 5.07. The maximum absolute atomic E-state index is 13.7. The van der Waals surface area contributed by atoms with Crippen LogP contribution in [0.1, 0.15) is 0 Å². The van der Waals surface area contributed by atoms with Crippen LogP contribution in [0.25, 0.3) is 0 Å². The van der Waals surface area contributed by atoms with Gasteiger partial charge < -0.3 is 5.32 Å². The molecule has 7 rings (SSSR count). The Kier molecular flexibility index (Phi) is 7.12. The molecular formula is C33H25N3O2S3. The number of nitrogens with one attached hydrogen (secondary N) is 1. The average molecular weight is 592 g/mol. The van der Waals surface area contributed by atoms with Crippen LogP contribution in [0.2, 0.25) is 0 Å². The largest absolute Gasteiger partial charge is 0.326 e. The van der Waals surface area contributed by atoms with Gasteiger partial charge in [0.2, 0.25) is 5.91 Å². The molecule has 1 N–H and O–H groups in total. The van der Waals surface area contributed by atoms with Gasteiger partial charge in [0.25, 0.3) is 0 Å². The fourth-order valence-electron chi connectivity index (χ4n) is 5.26. The Morgan fingerprint density at radius 1 is 0.756 bits per heavy atom. The summed E-state index contributed by atoms with van der Waals surface area (Å²) in [6.07, 6.45) is 8.28. The van der Waals surface area contributed by atoms with Crippen molar-refractivity contribution < 1.29 is 9.59 Å². The molecule has 0 bridgehead atoms. The number of anilines is 4. The van der Waals surface area contributed by atoms with E-state index in [4.69, 9.17) is 0 Å². The van der Waals surface area contributed by atoms with Crippen molar-refractivity contribution in [2.45, 2.75) is 30.9 Å². The minimum Gasteiger partial charge on any atom is -0.307 e. The number of benzene rings is 4. The van der Waals surface area contributed by atoms with Crippen molar-refractivity contribution in [1.82, 2.24) is 0 Å². The van der Waals surface area contributed by atoms with Crippen molar-refractivity contribution in [2.24, 2.45) is 0 Å². The van der Waals surface area contributed by atoms with Crippen molar-refractivity contribution in [1.29, 1.82) is 0 Å². The Bertz CT molecular complexity index is 1670. The van der Waals surface area contributed by atoms with E-state index in [1.165, 1.54) is 11.8 Å². The number of fused-ring (bicyclic) bond motifs is 4. The van der Waals surface area contributed by atoms with Gasteiger partial charge in [-0.05, 0) is 54.6 Å². The highest BCUT2D eigenvalue weighted by atomic mass is 32.2. The highest BCUT2D eigenvalue weighted by Crippen LogP contribution is 2.48. The van der Waals surface area contributed by atoms with Crippen LogP contribution < -0.4 is 15.1 Å². The lowest BCUT2D eigenvalue weighted by atomic mass is 10.1. The van der Waals surface area contributed by atoms with E-state index in [2.05, 4.69) is 35.7 Å². The van der Waals surface area contributed by atoms with Crippen LogP contribution in [0.5, 0.6) is 0 Å². The number of allylic oxidation sites excluding steroid dienone is 2. The van der Waals surface area contributed by atoms with Crippen LogP contribution in [0, 0.1) is 0 Å². The van der Waals surface area contributed by atoms with Gasteiger partial charge in [0.15, 0.2) is 0 Å². The van der Waals surface area contributed by atoms with E-state index in [-0.39, 0.29) is 29.0 Å². The van der Waals surface area contributed by atoms with Crippen molar-refractivity contribution in [3.63, 3.8) is 0 Å². The molecule has 41 heavy (non-hydrogen) atoms. The number of thioether (sulfide) groups is 2. The Hall–Kier alpha value is -3.85. The van der Waals surface area contributed by atoms with Crippen LogP contribution >= 0.6 is 35.3 Å². The molecule has 5 nitrogen and oxygen atoms in total. The SMILES string of the molecule is O=C(CSc1cccc(NC(=O)N2c3ccccc3SC3C=CC=CC32)c1)N1c2ccccc2Sc2ccccc21. The number of hydrogen-bond donors (Lipinski definition) is 1. The molecule has 0 fully saturated rings. The van der Waals surface area contributed by atoms with Gasteiger partial charge >= 0.3 is 6.03 Å². The van der Waals surface area contributed by atoms with Crippen LogP contribution in [0.3, 0.4) is 0 Å². The molecular weight excluding hydrogens is 567 g/mol. The molecule has 2 atom stereocenters. The third-order valence-electron chi connectivity index (χ3n) is 7.09. The molecule has 0 saturated carbocycles. The Morgan fingerprint density at radius 2 is 1.41 bits per heavy atom. The fraction of sp³-hybridized carbons (Fsp3) is 0.0909. The van der Waals surface area contributed by atoms with Crippen LogP contribution in [0.4, 0.5) is 27.5 Å². The van der Waals surface area contributed by atoms with E-state index in [9.17, 15) is 9.59 Å². The summed E-state index contributed by atoms with van der Waals surface area (Å²) in [7, 11) is 0. The lowest BCUT2D eigenvalue weighted by molar-refractivity contribution is -0.115. The average Bonchev–Trinajstić information content (AvgIpc) is 3.01. The quantitative estimate of drug-likeness (QED) is 0.241. The van der Waals surface area contributed by atoms with E-state index in [1.807, 2.05) is 101 Å². The highest BCUT2D eigenvalue weighted by Gasteiger charge is 2.36. The van der Waals surface area contributed by atoms with Crippen molar-refractivity contribution in [3.8, 4) is 0 Å². The van der Waals surface area contributed by atoms with Gasteiger partial charge in [-0.2, -0.15) is 0 Å². The number of carbonyl (C=O) groups excluding carboxylic acids is 2. The second-order valence-corrected chi connectivity index (χ2v) is 13.0. The van der Waals surface area contributed by atoms with Gasteiger partial charge in [-0.15, -0.1) is 23.5 Å². The summed E-state index contributed by atoms with van der Waals surface area (Å²) in [5.41, 5.74) is 3.42. The number of urea groups is 1. The maximum Gasteiger partial charge on any atom is 0.326 e. The molecule has 0 saturated heterocycles. The first-order valence-electron chi connectivity index (χ1n) is 13.3. The zero-order valence-corrected chi connectivity index (χ0v) is 24.3. The highest BCUT2D eigenvalue weighted by molar-refractivity contribution is 8.00. The normalized spacial score (nSPS) is 18.1. The zero-order chi connectivity index (χ0) is 27.8. The Morgan fingerprint density at radius 3 is 2.17 bits per heavy atom. The summed E-state index contributed by atoms with van der Waals surface area (Å²) in [5, 5.41) is 3.28. The fourth-order valence-corrected chi connectivity index (χ4v) is 8.38. The second-order valence-electron chi connectivity index (χ2n) is 9.69. The Labute approximate surface area is 251 Å². The van der Waals surface area contributed by atoms with E-state index in [1.54, 1.807) is 23.5 Å². The molecule has 3 aliphatic rings. The van der Waals surface area contributed by atoms with Gasteiger partial charge in [0.05, 0.1) is 34.1 Å². The molecule has 1 aliphatic carbocycles. The number of rotatable bonds is 4. The summed E-state index contributed by atoms with van der Waals surface area (Å²) >= 11 is 4.94. The summed E-state index contributed by atoms with van der Waals surface area (Å²) in [5.74, 6) is 0.276. The Balaban J connectivity index is 1.08. The second kappa shape index (κ2) is 11.2. The monoisotopic (exact) mass is 591 g/mol. The molecule has 2 unspecified atom stereocenters. The summed E-state index contributed by atoms with van der Waals surface area (Å²) in [4.78, 5) is 35.1. The van der Waals surface area contributed by atoms with Gasteiger partial charge in [-0.25, -0.2) is 4.79 Å². The lowest BCUT2D eigenvalue weighted by Crippen LogP contribution is -2.49. The van der Waals surface area contributed by atoms with Crippen molar-refractivity contribution in [2.75, 3.05) is 20.9 Å². The third-order valence-corrected chi connectivity index (χ3v) is 10.5.